The quantitative estimate of drug-likeness (QED) is 0.834. The summed E-state index contributed by atoms with van der Waals surface area (Å²) in [4.78, 5) is 4.36. The number of rotatable bonds is 1. The van der Waals surface area contributed by atoms with Crippen molar-refractivity contribution in [3.05, 3.63) is 23.8 Å². The Labute approximate surface area is 103 Å². The highest BCUT2D eigenvalue weighted by molar-refractivity contribution is 7.99. The van der Waals surface area contributed by atoms with Crippen LogP contribution in [0.15, 0.2) is 18.2 Å². The van der Waals surface area contributed by atoms with Gasteiger partial charge in [-0.1, -0.05) is 0 Å². The Morgan fingerprint density at radius 1 is 1.53 bits per heavy atom. The van der Waals surface area contributed by atoms with Crippen LogP contribution in [0.3, 0.4) is 0 Å². The van der Waals surface area contributed by atoms with Crippen molar-refractivity contribution in [2.75, 3.05) is 17.2 Å². The Morgan fingerprint density at radius 2 is 2.41 bits per heavy atom. The molecule has 2 aromatic rings. The van der Waals surface area contributed by atoms with E-state index in [1.54, 1.807) is 6.07 Å². The van der Waals surface area contributed by atoms with Gasteiger partial charge in [0, 0.05) is 11.8 Å². The standard InChI is InChI=1S/C12H12N4S/c13-6-8-1-2-10-11(5-8)16(12(14)15-10)9-3-4-17-7-9/h1-2,5,9H,3-4,7H2,(H2,14,15). The number of anilines is 1. The molecule has 2 heterocycles. The van der Waals surface area contributed by atoms with E-state index in [1.165, 1.54) is 5.75 Å². The van der Waals surface area contributed by atoms with Crippen molar-refractivity contribution in [2.45, 2.75) is 12.5 Å². The molecule has 2 N–H and O–H groups in total. The lowest BCUT2D eigenvalue weighted by atomic mass is 10.2. The van der Waals surface area contributed by atoms with Crippen LogP contribution in [0.4, 0.5) is 5.95 Å². The van der Waals surface area contributed by atoms with Gasteiger partial charge in [0.15, 0.2) is 0 Å². The normalized spacial score (nSPS) is 19.6. The largest absolute Gasteiger partial charge is 0.369 e. The fraction of sp³-hybridized carbons (Fsp3) is 0.333. The van der Waals surface area contributed by atoms with Gasteiger partial charge in [0.25, 0.3) is 0 Å². The highest BCUT2D eigenvalue weighted by Crippen LogP contribution is 2.33. The number of aromatic nitrogens is 2. The van der Waals surface area contributed by atoms with E-state index in [4.69, 9.17) is 11.0 Å². The number of thioether (sulfide) groups is 1. The fourth-order valence-electron chi connectivity index (χ4n) is 2.29. The molecule has 1 aromatic carbocycles. The zero-order chi connectivity index (χ0) is 11.8. The maximum atomic E-state index is 8.95. The van der Waals surface area contributed by atoms with Gasteiger partial charge < -0.3 is 10.3 Å². The third kappa shape index (κ3) is 1.65. The van der Waals surface area contributed by atoms with Crippen molar-refractivity contribution in [1.82, 2.24) is 9.55 Å². The summed E-state index contributed by atoms with van der Waals surface area (Å²) < 4.78 is 2.08. The van der Waals surface area contributed by atoms with E-state index >= 15 is 0 Å². The third-order valence-corrected chi connectivity index (χ3v) is 4.26. The lowest BCUT2D eigenvalue weighted by Gasteiger charge is -2.13. The van der Waals surface area contributed by atoms with E-state index in [0.29, 0.717) is 17.6 Å². The van der Waals surface area contributed by atoms with Gasteiger partial charge in [0.05, 0.1) is 22.7 Å². The molecule has 1 aromatic heterocycles. The summed E-state index contributed by atoms with van der Waals surface area (Å²) in [5.74, 6) is 2.80. The lowest BCUT2D eigenvalue weighted by Crippen LogP contribution is -2.10. The topological polar surface area (TPSA) is 67.6 Å². The third-order valence-electron chi connectivity index (χ3n) is 3.12. The van der Waals surface area contributed by atoms with Gasteiger partial charge in [-0.2, -0.15) is 17.0 Å². The Balaban J connectivity index is 2.21. The van der Waals surface area contributed by atoms with Crippen LogP contribution in [-0.2, 0) is 0 Å². The Hall–Kier alpha value is -1.67. The maximum Gasteiger partial charge on any atom is 0.201 e. The summed E-state index contributed by atoms with van der Waals surface area (Å²) in [6, 6.07) is 8.10. The molecular formula is C12H12N4S. The van der Waals surface area contributed by atoms with Crippen molar-refractivity contribution < 1.29 is 0 Å². The monoisotopic (exact) mass is 244 g/mol. The minimum absolute atomic E-state index is 0.416. The number of hydrogen-bond donors (Lipinski definition) is 1. The van der Waals surface area contributed by atoms with Gasteiger partial charge in [-0.25, -0.2) is 4.98 Å². The second-order valence-electron chi connectivity index (χ2n) is 4.17. The number of nitrogens with zero attached hydrogens (tertiary/aromatic N) is 3. The number of nitrogen functional groups attached to an aromatic ring is 1. The summed E-state index contributed by atoms with van der Waals surface area (Å²) in [5.41, 5.74) is 8.50. The first kappa shape index (κ1) is 10.5. The Bertz CT molecular complexity index is 605. The SMILES string of the molecule is N#Cc1ccc2nc(N)n(C3CCSC3)c2c1. The van der Waals surface area contributed by atoms with E-state index in [2.05, 4.69) is 15.6 Å². The van der Waals surface area contributed by atoms with Gasteiger partial charge >= 0.3 is 0 Å². The van der Waals surface area contributed by atoms with E-state index in [1.807, 2.05) is 23.9 Å². The Morgan fingerprint density at radius 3 is 3.12 bits per heavy atom. The van der Waals surface area contributed by atoms with Crippen LogP contribution < -0.4 is 5.73 Å². The van der Waals surface area contributed by atoms with E-state index in [9.17, 15) is 0 Å². The summed E-state index contributed by atoms with van der Waals surface area (Å²) in [6.07, 6.45) is 1.12. The van der Waals surface area contributed by atoms with Crippen molar-refractivity contribution in [3.8, 4) is 6.07 Å². The molecule has 4 nitrogen and oxygen atoms in total. The minimum atomic E-state index is 0.416. The first-order valence-corrected chi connectivity index (χ1v) is 6.70. The summed E-state index contributed by atoms with van der Waals surface area (Å²) in [7, 11) is 0. The minimum Gasteiger partial charge on any atom is -0.369 e. The van der Waals surface area contributed by atoms with Gasteiger partial charge in [0.2, 0.25) is 5.95 Å². The molecule has 0 spiro atoms. The van der Waals surface area contributed by atoms with Gasteiger partial charge in [-0.15, -0.1) is 0 Å². The molecular weight excluding hydrogens is 232 g/mol. The zero-order valence-electron chi connectivity index (χ0n) is 9.26. The molecule has 17 heavy (non-hydrogen) atoms. The van der Waals surface area contributed by atoms with E-state index in [-0.39, 0.29) is 0 Å². The summed E-state index contributed by atoms with van der Waals surface area (Å²) in [5, 5.41) is 8.95. The zero-order valence-corrected chi connectivity index (χ0v) is 10.1. The highest BCUT2D eigenvalue weighted by atomic mass is 32.2. The molecule has 1 fully saturated rings. The second kappa shape index (κ2) is 3.97. The molecule has 1 aliphatic heterocycles. The molecule has 1 saturated heterocycles. The molecule has 0 amide bonds. The smallest absolute Gasteiger partial charge is 0.201 e. The number of nitriles is 1. The fourth-order valence-corrected chi connectivity index (χ4v) is 3.48. The molecule has 1 atom stereocenters. The van der Waals surface area contributed by atoms with Crippen LogP contribution >= 0.6 is 11.8 Å². The number of imidazole rings is 1. The molecule has 0 aliphatic carbocycles. The number of hydrogen-bond acceptors (Lipinski definition) is 4. The predicted octanol–water partition coefficient (Wildman–Crippen LogP) is 2.17. The van der Waals surface area contributed by atoms with Crippen molar-refractivity contribution >= 4 is 28.7 Å². The van der Waals surface area contributed by atoms with E-state index < -0.39 is 0 Å². The van der Waals surface area contributed by atoms with Gasteiger partial charge in [0.1, 0.15) is 0 Å². The van der Waals surface area contributed by atoms with Gasteiger partial charge in [-0.3, -0.25) is 0 Å². The molecule has 86 valence electrons. The van der Waals surface area contributed by atoms with E-state index in [0.717, 1.165) is 23.2 Å². The predicted molar refractivity (Wildman–Crippen MR) is 69.8 cm³/mol. The molecule has 0 bridgehead atoms. The molecule has 0 saturated carbocycles. The highest BCUT2D eigenvalue weighted by Gasteiger charge is 2.21. The first-order chi connectivity index (χ1) is 8.29. The van der Waals surface area contributed by atoms with Crippen LogP contribution in [0.5, 0.6) is 0 Å². The number of benzene rings is 1. The molecule has 0 radical (unpaired) electrons. The average Bonchev–Trinajstić information content (AvgIpc) is 2.93. The van der Waals surface area contributed by atoms with Gasteiger partial charge in [-0.05, 0) is 30.4 Å². The molecule has 3 rings (SSSR count). The number of fused-ring (bicyclic) bond motifs is 1. The molecule has 1 aliphatic rings. The van der Waals surface area contributed by atoms with Crippen molar-refractivity contribution in [2.24, 2.45) is 0 Å². The average molecular weight is 244 g/mol. The van der Waals surface area contributed by atoms with Crippen LogP contribution in [0.1, 0.15) is 18.0 Å². The van der Waals surface area contributed by atoms with Crippen molar-refractivity contribution in [1.29, 1.82) is 5.26 Å². The van der Waals surface area contributed by atoms with Crippen molar-refractivity contribution in [3.63, 3.8) is 0 Å². The Kier molecular flexibility index (Phi) is 2.45. The molecule has 5 heteroatoms. The van der Waals surface area contributed by atoms with Crippen LogP contribution in [0.25, 0.3) is 11.0 Å². The molecule has 1 unspecified atom stereocenters. The van der Waals surface area contributed by atoms with Crippen LogP contribution in [0, 0.1) is 11.3 Å². The second-order valence-corrected chi connectivity index (χ2v) is 5.32. The van der Waals surface area contributed by atoms with Crippen LogP contribution in [-0.4, -0.2) is 21.1 Å². The summed E-state index contributed by atoms with van der Waals surface area (Å²) >= 11 is 1.94. The first-order valence-electron chi connectivity index (χ1n) is 5.55. The lowest BCUT2D eigenvalue weighted by molar-refractivity contribution is 0.583. The summed E-state index contributed by atoms with van der Waals surface area (Å²) in [6.45, 7) is 0. The number of nitrogens with two attached hydrogens (primary N) is 1. The maximum absolute atomic E-state index is 8.95. The van der Waals surface area contributed by atoms with Crippen LogP contribution in [0.2, 0.25) is 0 Å².